The van der Waals surface area contributed by atoms with Gasteiger partial charge in [0.05, 0.1) is 0 Å². The summed E-state index contributed by atoms with van der Waals surface area (Å²) in [5.74, 6) is -0.607. The van der Waals surface area contributed by atoms with Crippen molar-refractivity contribution in [2.45, 2.75) is 58.4 Å². The molecule has 1 rings (SSSR count). The Labute approximate surface area is 119 Å². The molecular weight excluding hydrogens is 260 g/mol. The van der Waals surface area contributed by atoms with Gasteiger partial charge < -0.3 is 10.1 Å². The first-order valence-electron chi connectivity index (χ1n) is 7.04. The lowest BCUT2D eigenvalue weighted by molar-refractivity contribution is -0.149. The molecule has 0 unspecified atom stereocenters. The molecule has 20 heavy (non-hydrogen) atoms. The van der Waals surface area contributed by atoms with Crippen molar-refractivity contribution in [2.24, 2.45) is 5.92 Å². The van der Waals surface area contributed by atoms with Crippen LogP contribution in [-0.2, 0) is 14.3 Å². The largest absolute Gasteiger partial charge is 0.456 e. The molecule has 6 heteroatoms. The van der Waals surface area contributed by atoms with Crippen LogP contribution in [0.15, 0.2) is 0 Å². The number of urea groups is 1. The highest BCUT2D eigenvalue weighted by Gasteiger charge is 2.20. The molecule has 0 bridgehead atoms. The zero-order chi connectivity index (χ0) is 15.2. The molecule has 0 aliphatic heterocycles. The fourth-order valence-corrected chi connectivity index (χ4v) is 2.19. The second kappa shape index (κ2) is 7.26. The minimum absolute atomic E-state index is 0.363. The van der Waals surface area contributed by atoms with Gasteiger partial charge >= 0.3 is 12.0 Å². The van der Waals surface area contributed by atoms with Crippen LogP contribution >= 0.6 is 0 Å². The van der Waals surface area contributed by atoms with Crippen LogP contribution in [0.25, 0.3) is 0 Å². The van der Waals surface area contributed by atoms with Gasteiger partial charge in [-0.2, -0.15) is 0 Å². The molecule has 1 aliphatic carbocycles. The fourth-order valence-electron chi connectivity index (χ4n) is 2.19. The van der Waals surface area contributed by atoms with Crippen LogP contribution in [0.4, 0.5) is 4.79 Å². The SMILES string of the molecule is CC(C)(C)NC(=O)NC(=O)COC(=O)CC1CCCC1. The van der Waals surface area contributed by atoms with E-state index in [-0.39, 0.29) is 5.97 Å². The molecule has 0 aromatic carbocycles. The number of ether oxygens (including phenoxy) is 1. The second-order valence-electron chi connectivity index (χ2n) is 6.27. The number of hydrogen-bond donors (Lipinski definition) is 2. The van der Waals surface area contributed by atoms with Crippen LogP contribution in [0, 0.1) is 5.92 Å². The van der Waals surface area contributed by atoms with E-state index in [2.05, 4.69) is 10.6 Å². The van der Waals surface area contributed by atoms with Crippen molar-refractivity contribution >= 4 is 17.9 Å². The van der Waals surface area contributed by atoms with Crippen LogP contribution < -0.4 is 10.6 Å². The summed E-state index contributed by atoms with van der Waals surface area (Å²) in [6, 6.07) is -0.589. The van der Waals surface area contributed by atoms with Crippen LogP contribution in [0.2, 0.25) is 0 Å². The number of imide groups is 1. The molecule has 2 N–H and O–H groups in total. The van der Waals surface area contributed by atoms with E-state index in [1.54, 1.807) is 20.8 Å². The number of nitrogens with one attached hydrogen (secondary N) is 2. The van der Waals surface area contributed by atoms with E-state index in [4.69, 9.17) is 4.74 Å². The van der Waals surface area contributed by atoms with E-state index in [9.17, 15) is 14.4 Å². The Balaban J connectivity index is 2.18. The van der Waals surface area contributed by atoms with Crippen molar-refractivity contribution in [2.75, 3.05) is 6.61 Å². The normalized spacial score (nSPS) is 15.8. The molecule has 0 atom stereocenters. The third kappa shape index (κ3) is 7.11. The van der Waals surface area contributed by atoms with Crippen molar-refractivity contribution in [1.82, 2.24) is 10.6 Å². The highest BCUT2D eigenvalue weighted by molar-refractivity contribution is 5.95. The Bertz CT molecular complexity index is 368. The summed E-state index contributed by atoms with van der Waals surface area (Å²) in [5.41, 5.74) is -0.427. The maximum absolute atomic E-state index is 11.5. The summed E-state index contributed by atoms with van der Waals surface area (Å²) in [6.45, 7) is 5.00. The van der Waals surface area contributed by atoms with Gasteiger partial charge in [0.15, 0.2) is 6.61 Å². The Morgan fingerprint density at radius 1 is 1.15 bits per heavy atom. The lowest BCUT2D eigenvalue weighted by Crippen LogP contribution is -2.49. The summed E-state index contributed by atoms with van der Waals surface area (Å²) in [7, 11) is 0. The maximum atomic E-state index is 11.5. The van der Waals surface area contributed by atoms with Crippen LogP contribution in [-0.4, -0.2) is 30.1 Å². The zero-order valence-corrected chi connectivity index (χ0v) is 12.5. The predicted octanol–water partition coefficient (Wildman–Crippen LogP) is 1.73. The predicted molar refractivity (Wildman–Crippen MR) is 74.0 cm³/mol. The lowest BCUT2D eigenvalue weighted by Gasteiger charge is -2.20. The van der Waals surface area contributed by atoms with E-state index in [1.165, 1.54) is 0 Å². The number of amides is 3. The third-order valence-corrected chi connectivity index (χ3v) is 3.04. The van der Waals surface area contributed by atoms with Gasteiger partial charge in [0.25, 0.3) is 5.91 Å². The summed E-state index contributed by atoms with van der Waals surface area (Å²) < 4.78 is 4.87. The molecular formula is C14H24N2O4. The second-order valence-corrected chi connectivity index (χ2v) is 6.27. The highest BCUT2D eigenvalue weighted by atomic mass is 16.5. The van der Waals surface area contributed by atoms with E-state index < -0.39 is 24.1 Å². The number of hydrogen-bond acceptors (Lipinski definition) is 4. The van der Waals surface area contributed by atoms with E-state index in [1.807, 2.05) is 0 Å². The first-order valence-corrected chi connectivity index (χ1v) is 7.04. The van der Waals surface area contributed by atoms with Crippen molar-refractivity contribution in [3.05, 3.63) is 0 Å². The van der Waals surface area contributed by atoms with Gasteiger partial charge in [-0.3, -0.25) is 14.9 Å². The minimum atomic E-state index is -0.619. The monoisotopic (exact) mass is 284 g/mol. The first-order chi connectivity index (χ1) is 9.26. The molecule has 114 valence electrons. The highest BCUT2D eigenvalue weighted by Crippen LogP contribution is 2.27. The first kappa shape index (κ1) is 16.5. The molecule has 3 amide bonds. The quantitative estimate of drug-likeness (QED) is 0.770. The summed E-state index contributed by atoms with van der Waals surface area (Å²) in [6.07, 6.45) is 4.78. The Kier molecular flexibility index (Phi) is 5.98. The van der Waals surface area contributed by atoms with Gasteiger partial charge in [0, 0.05) is 12.0 Å². The molecule has 0 heterocycles. The average molecular weight is 284 g/mol. The molecule has 0 spiro atoms. The van der Waals surface area contributed by atoms with E-state index in [0.29, 0.717) is 12.3 Å². The van der Waals surface area contributed by atoms with E-state index >= 15 is 0 Å². The molecule has 0 radical (unpaired) electrons. The van der Waals surface area contributed by atoms with Gasteiger partial charge in [-0.1, -0.05) is 12.8 Å². The number of rotatable bonds is 4. The Morgan fingerprint density at radius 2 is 1.75 bits per heavy atom. The van der Waals surface area contributed by atoms with Gasteiger partial charge in [-0.05, 0) is 39.5 Å². The summed E-state index contributed by atoms with van der Waals surface area (Å²) in [4.78, 5) is 34.4. The standard InChI is InChI=1S/C14H24N2O4/c1-14(2,3)16-13(19)15-11(17)9-20-12(18)8-10-6-4-5-7-10/h10H,4-9H2,1-3H3,(H2,15,16,17,19). The Morgan fingerprint density at radius 3 is 2.30 bits per heavy atom. The average Bonchev–Trinajstić information content (AvgIpc) is 2.76. The minimum Gasteiger partial charge on any atom is -0.456 e. The van der Waals surface area contributed by atoms with Crippen molar-refractivity contribution in [3.63, 3.8) is 0 Å². The molecule has 1 saturated carbocycles. The van der Waals surface area contributed by atoms with Crippen molar-refractivity contribution in [3.8, 4) is 0 Å². The van der Waals surface area contributed by atoms with Crippen LogP contribution in [0.5, 0.6) is 0 Å². The van der Waals surface area contributed by atoms with Crippen molar-refractivity contribution in [1.29, 1.82) is 0 Å². The van der Waals surface area contributed by atoms with Gasteiger partial charge in [0.1, 0.15) is 0 Å². The van der Waals surface area contributed by atoms with E-state index in [0.717, 1.165) is 25.7 Å². The molecule has 0 aromatic rings. The zero-order valence-electron chi connectivity index (χ0n) is 12.5. The Hall–Kier alpha value is -1.59. The molecule has 1 fully saturated rings. The fraction of sp³-hybridized carbons (Fsp3) is 0.786. The lowest BCUT2D eigenvalue weighted by atomic mass is 10.1. The molecule has 0 saturated heterocycles. The van der Waals surface area contributed by atoms with Crippen LogP contribution in [0.1, 0.15) is 52.9 Å². The number of carbonyl (C=O) groups is 3. The van der Waals surface area contributed by atoms with Gasteiger partial charge in [-0.15, -0.1) is 0 Å². The third-order valence-electron chi connectivity index (χ3n) is 3.04. The molecule has 0 aromatic heterocycles. The smallest absolute Gasteiger partial charge is 0.321 e. The number of esters is 1. The molecule has 1 aliphatic rings. The van der Waals surface area contributed by atoms with Crippen molar-refractivity contribution < 1.29 is 19.1 Å². The summed E-state index contributed by atoms with van der Waals surface area (Å²) in [5, 5.41) is 4.70. The number of carbonyl (C=O) groups excluding carboxylic acids is 3. The maximum Gasteiger partial charge on any atom is 0.321 e. The summed E-state index contributed by atoms with van der Waals surface area (Å²) >= 11 is 0. The molecule has 6 nitrogen and oxygen atoms in total. The van der Waals surface area contributed by atoms with Gasteiger partial charge in [-0.25, -0.2) is 4.79 Å². The topological polar surface area (TPSA) is 84.5 Å². The van der Waals surface area contributed by atoms with Crippen LogP contribution in [0.3, 0.4) is 0 Å². The van der Waals surface area contributed by atoms with Gasteiger partial charge in [0.2, 0.25) is 0 Å².